The number of benzene rings is 1. The van der Waals surface area contributed by atoms with Crippen LogP contribution in [0.4, 0.5) is 0 Å². The predicted octanol–water partition coefficient (Wildman–Crippen LogP) is 5.07. The molecule has 0 bridgehead atoms. The van der Waals surface area contributed by atoms with Crippen LogP contribution >= 0.6 is 0 Å². The number of nitrogens with zero attached hydrogens (tertiary/aromatic N) is 1. The van der Waals surface area contributed by atoms with Crippen LogP contribution in [0.25, 0.3) is 6.08 Å². The molecule has 0 saturated heterocycles. The van der Waals surface area contributed by atoms with Crippen LogP contribution < -0.4 is 0 Å². The predicted molar refractivity (Wildman–Crippen MR) is 111 cm³/mol. The van der Waals surface area contributed by atoms with Gasteiger partial charge in [-0.3, -0.25) is 0 Å². The van der Waals surface area contributed by atoms with E-state index in [-0.39, 0.29) is 6.10 Å². The summed E-state index contributed by atoms with van der Waals surface area (Å²) < 4.78 is 0. The Balaban J connectivity index is 1.52. The van der Waals surface area contributed by atoms with Gasteiger partial charge in [0.2, 0.25) is 0 Å². The zero-order valence-corrected chi connectivity index (χ0v) is 16.7. The minimum Gasteiger partial charge on any atom is -0.392 e. The van der Waals surface area contributed by atoms with Crippen LogP contribution in [0.2, 0.25) is 0 Å². The van der Waals surface area contributed by atoms with Crippen LogP contribution in [-0.4, -0.2) is 36.8 Å². The average molecular weight is 354 g/mol. The highest BCUT2D eigenvalue weighted by Gasteiger charge is 2.43. The van der Waals surface area contributed by atoms with Gasteiger partial charge in [-0.25, -0.2) is 0 Å². The molecule has 4 atom stereocenters. The fourth-order valence-corrected chi connectivity index (χ4v) is 4.74. The topological polar surface area (TPSA) is 23.5 Å². The number of aliphatic hydroxyl groups excluding tert-OH is 1. The molecule has 2 nitrogen and oxygen atoms in total. The number of hydrogen-bond donors (Lipinski definition) is 1. The molecule has 1 N–H and O–H groups in total. The molecule has 2 aliphatic rings. The average Bonchev–Trinajstić information content (AvgIpc) is 3.10. The molecule has 1 fully saturated rings. The summed E-state index contributed by atoms with van der Waals surface area (Å²) in [4.78, 5) is 2.27. The molecule has 26 heavy (non-hydrogen) atoms. The van der Waals surface area contributed by atoms with Crippen molar-refractivity contribution in [2.75, 3.05) is 20.6 Å². The molecule has 0 radical (unpaired) electrons. The quantitative estimate of drug-likeness (QED) is 0.521. The van der Waals surface area contributed by atoms with Gasteiger partial charge in [0.15, 0.2) is 0 Å². The standard InChI is InChI=1S/C24H35NO/c1-18-9-6-7-11-20(18)12-13-22-23-16-19(15-21(23)17-24(22)26)10-5-4-8-14-25(2)3/h6-7,9,11-13,15,21-24,26H,4-5,8,10,14,16-17H2,1-3H3/b13-12+/t21-,22+,23-,24+/m0/s1. The van der Waals surface area contributed by atoms with Crippen molar-refractivity contribution >= 4 is 6.08 Å². The second-order valence-corrected chi connectivity index (χ2v) is 8.57. The van der Waals surface area contributed by atoms with Gasteiger partial charge < -0.3 is 10.0 Å². The molecular formula is C24H35NO. The number of allylic oxidation sites excluding steroid dienone is 2. The Morgan fingerprint density at radius 1 is 1.15 bits per heavy atom. The lowest BCUT2D eigenvalue weighted by Crippen LogP contribution is -2.17. The van der Waals surface area contributed by atoms with E-state index < -0.39 is 0 Å². The van der Waals surface area contributed by atoms with Gasteiger partial charge in [0.1, 0.15) is 0 Å². The van der Waals surface area contributed by atoms with E-state index in [9.17, 15) is 5.11 Å². The van der Waals surface area contributed by atoms with E-state index in [1.165, 1.54) is 49.8 Å². The van der Waals surface area contributed by atoms with E-state index in [2.05, 4.69) is 68.4 Å². The smallest absolute Gasteiger partial charge is 0.0611 e. The molecule has 0 spiro atoms. The van der Waals surface area contributed by atoms with E-state index in [0.29, 0.717) is 17.8 Å². The number of fused-ring (bicyclic) bond motifs is 1. The van der Waals surface area contributed by atoms with Crippen LogP contribution in [0.5, 0.6) is 0 Å². The molecule has 0 aliphatic heterocycles. The molecule has 0 unspecified atom stereocenters. The highest BCUT2D eigenvalue weighted by molar-refractivity contribution is 5.53. The van der Waals surface area contributed by atoms with Crippen molar-refractivity contribution in [2.24, 2.45) is 17.8 Å². The third kappa shape index (κ3) is 4.86. The maximum absolute atomic E-state index is 10.5. The molecule has 0 aromatic heterocycles. The van der Waals surface area contributed by atoms with Gasteiger partial charge in [-0.1, -0.05) is 54.5 Å². The number of unbranched alkanes of at least 4 members (excludes halogenated alkanes) is 2. The molecule has 1 aromatic rings. The fraction of sp³-hybridized carbons (Fsp3) is 0.583. The van der Waals surface area contributed by atoms with E-state index in [0.717, 1.165) is 6.42 Å². The largest absolute Gasteiger partial charge is 0.392 e. The minimum atomic E-state index is -0.178. The molecule has 3 rings (SSSR count). The summed E-state index contributed by atoms with van der Waals surface area (Å²) in [6, 6.07) is 8.49. The second kappa shape index (κ2) is 9.01. The lowest BCUT2D eigenvalue weighted by molar-refractivity contribution is 0.141. The van der Waals surface area contributed by atoms with Gasteiger partial charge in [-0.15, -0.1) is 0 Å². The Labute approximate surface area is 159 Å². The number of aryl methyl sites for hydroxylation is 1. The highest BCUT2D eigenvalue weighted by Crippen LogP contribution is 2.48. The summed E-state index contributed by atoms with van der Waals surface area (Å²) in [5, 5.41) is 10.5. The Kier molecular flexibility index (Phi) is 6.72. The normalized spacial score (nSPS) is 28.1. The summed E-state index contributed by atoms with van der Waals surface area (Å²) in [6.45, 7) is 3.35. The third-order valence-corrected chi connectivity index (χ3v) is 6.24. The third-order valence-electron chi connectivity index (χ3n) is 6.24. The lowest BCUT2D eigenvalue weighted by Gasteiger charge is -2.18. The van der Waals surface area contributed by atoms with Crippen LogP contribution in [-0.2, 0) is 0 Å². The fourth-order valence-electron chi connectivity index (χ4n) is 4.74. The van der Waals surface area contributed by atoms with E-state index in [1.807, 2.05) is 0 Å². The summed E-state index contributed by atoms with van der Waals surface area (Å²) in [5.41, 5.74) is 4.22. The van der Waals surface area contributed by atoms with E-state index >= 15 is 0 Å². The van der Waals surface area contributed by atoms with Crippen molar-refractivity contribution < 1.29 is 5.11 Å². The molecule has 0 heterocycles. The second-order valence-electron chi connectivity index (χ2n) is 8.57. The lowest BCUT2D eigenvalue weighted by atomic mass is 9.88. The first-order chi connectivity index (χ1) is 12.5. The zero-order valence-electron chi connectivity index (χ0n) is 16.7. The summed E-state index contributed by atoms with van der Waals surface area (Å²) in [6.07, 6.45) is 14.2. The Hall–Kier alpha value is -1.38. The summed E-state index contributed by atoms with van der Waals surface area (Å²) in [7, 11) is 4.30. The molecular weight excluding hydrogens is 318 g/mol. The molecule has 2 heteroatoms. The number of rotatable bonds is 8. The Bertz CT molecular complexity index is 645. The first kappa shape index (κ1) is 19.4. The van der Waals surface area contributed by atoms with Crippen molar-refractivity contribution in [3.05, 3.63) is 53.1 Å². The van der Waals surface area contributed by atoms with Crippen molar-refractivity contribution in [3.63, 3.8) is 0 Å². The zero-order chi connectivity index (χ0) is 18.5. The monoisotopic (exact) mass is 353 g/mol. The van der Waals surface area contributed by atoms with E-state index in [4.69, 9.17) is 0 Å². The van der Waals surface area contributed by atoms with Crippen LogP contribution in [0.1, 0.15) is 49.7 Å². The Morgan fingerprint density at radius 3 is 2.73 bits per heavy atom. The van der Waals surface area contributed by atoms with Crippen molar-refractivity contribution in [1.29, 1.82) is 0 Å². The van der Waals surface area contributed by atoms with Gasteiger partial charge in [0.05, 0.1) is 6.10 Å². The van der Waals surface area contributed by atoms with Gasteiger partial charge in [-0.2, -0.15) is 0 Å². The van der Waals surface area contributed by atoms with E-state index in [1.54, 1.807) is 5.57 Å². The van der Waals surface area contributed by atoms with Crippen molar-refractivity contribution in [3.8, 4) is 0 Å². The molecule has 2 aliphatic carbocycles. The maximum atomic E-state index is 10.5. The van der Waals surface area contributed by atoms with Crippen molar-refractivity contribution in [2.45, 2.75) is 51.6 Å². The van der Waals surface area contributed by atoms with Crippen LogP contribution in [0.3, 0.4) is 0 Å². The molecule has 0 amide bonds. The van der Waals surface area contributed by atoms with Gasteiger partial charge in [-0.05, 0) is 82.6 Å². The van der Waals surface area contributed by atoms with Crippen LogP contribution in [0.15, 0.2) is 42.0 Å². The maximum Gasteiger partial charge on any atom is 0.0611 e. The first-order valence-electron chi connectivity index (χ1n) is 10.3. The van der Waals surface area contributed by atoms with Gasteiger partial charge in [0.25, 0.3) is 0 Å². The summed E-state index contributed by atoms with van der Waals surface area (Å²) >= 11 is 0. The van der Waals surface area contributed by atoms with Gasteiger partial charge >= 0.3 is 0 Å². The first-order valence-corrected chi connectivity index (χ1v) is 10.3. The minimum absolute atomic E-state index is 0.178. The SMILES string of the molecule is Cc1ccccc1/C=C/[C@@H]1[C@H]2CC(CCCCCN(C)C)=C[C@H]2C[C@H]1O. The Morgan fingerprint density at radius 2 is 1.96 bits per heavy atom. The van der Waals surface area contributed by atoms with Crippen LogP contribution in [0, 0.1) is 24.7 Å². The molecule has 1 aromatic carbocycles. The number of hydrogen-bond acceptors (Lipinski definition) is 2. The summed E-state index contributed by atoms with van der Waals surface area (Å²) in [5.74, 6) is 1.51. The number of aliphatic hydroxyl groups is 1. The molecule has 142 valence electrons. The van der Waals surface area contributed by atoms with Gasteiger partial charge in [0, 0.05) is 5.92 Å². The van der Waals surface area contributed by atoms with Crippen molar-refractivity contribution in [1.82, 2.24) is 4.90 Å². The molecule has 1 saturated carbocycles. The highest BCUT2D eigenvalue weighted by atomic mass is 16.3.